The van der Waals surface area contributed by atoms with Gasteiger partial charge in [-0.15, -0.1) is 0 Å². The Kier molecular flexibility index (Phi) is 8.68. The average Bonchev–Trinajstić information content (AvgIpc) is 2.88. The fourth-order valence-electron chi connectivity index (χ4n) is 4.79. The molecule has 0 amide bonds. The lowest BCUT2D eigenvalue weighted by molar-refractivity contribution is -0.293. The predicted molar refractivity (Wildman–Crippen MR) is 124 cm³/mol. The number of hydrogen-bond acceptors (Lipinski definition) is 5. The zero-order valence-electron chi connectivity index (χ0n) is 20.7. The molecule has 5 nitrogen and oxygen atoms in total. The minimum Gasteiger partial charge on any atom is -0.379 e. The lowest BCUT2D eigenvalue weighted by Gasteiger charge is -2.46. The number of alkyl halides is 6. The minimum absolute atomic E-state index is 0.0877. The summed E-state index contributed by atoms with van der Waals surface area (Å²) in [6, 6.07) is 6.39. The molecule has 0 spiro atoms. The molecule has 0 unspecified atom stereocenters. The Morgan fingerprint density at radius 1 is 0.974 bits per heavy atom. The van der Waals surface area contributed by atoms with Crippen LogP contribution in [0.5, 0.6) is 0 Å². The van der Waals surface area contributed by atoms with E-state index in [0.717, 1.165) is 0 Å². The molecule has 38 heavy (non-hydrogen) atoms. The van der Waals surface area contributed by atoms with E-state index in [1.165, 1.54) is 19.1 Å². The quantitative estimate of drug-likeness (QED) is 0.447. The normalized spacial score (nSPS) is 24.4. The molecule has 2 saturated heterocycles. The molecule has 3 atom stereocenters. The van der Waals surface area contributed by atoms with Crippen molar-refractivity contribution in [2.24, 2.45) is 0 Å². The van der Waals surface area contributed by atoms with E-state index in [4.69, 9.17) is 14.2 Å². The van der Waals surface area contributed by atoms with E-state index in [-0.39, 0.29) is 24.7 Å². The standard InChI is InChI=1S/C26H29F7N2O3/c1-17(19-14-20(25(28,29)30)16-21(15-19)26(31,32)33)38-24(6-8-35-9-12-36-13-10-35)23(34-7-11-37-24)18-2-4-22(27)5-3-18/h2-5,14-17,23,34H,6-13H2,1H3/t17-,23+,24-/m1/s1. The zero-order valence-corrected chi connectivity index (χ0v) is 20.7. The molecule has 0 aromatic heterocycles. The van der Waals surface area contributed by atoms with Gasteiger partial charge in [-0.3, -0.25) is 4.90 Å². The van der Waals surface area contributed by atoms with Crippen molar-refractivity contribution in [3.05, 3.63) is 70.5 Å². The molecule has 2 fully saturated rings. The maximum Gasteiger partial charge on any atom is 0.416 e. The summed E-state index contributed by atoms with van der Waals surface area (Å²) in [6.45, 7) is 4.87. The Bertz CT molecular complexity index is 1040. The molecule has 2 aliphatic rings. The molecule has 2 aromatic carbocycles. The topological polar surface area (TPSA) is 43.0 Å². The first-order chi connectivity index (χ1) is 17.9. The fourth-order valence-corrected chi connectivity index (χ4v) is 4.79. The van der Waals surface area contributed by atoms with Crippen molar-refractivity contribution in [3.8, 4) is 0 Å². The van der Waals surface area contributed by atoms with Gasteiger partial charge in [0.15, 0.2) is 5.79 Å². The summed E-state index contributed by atoms with van der Waals surface area (Å²) in [4.78, 5) is 2.12. The van der Waals surface area contributed by atoms with E-state index in [0.29, 0.717) is 57.1 Å². The van der Waals surface area contributed by atoms with Gasteiger partial charge in [0, 0.05) is 32.6 Å². The van der Waals surface area contributed by atoms with Crippen LogP contribution in [-0.2, 0) is 26.6 Å². The first kappa shape index (κ1) is 28.8. The Hall–Kier alpha value is -2.25. The second-order valence-corrected chi connectivity index (χ2v) is 9.40. The van der Waals surface area contributed by atoms with Gasteiger partial charge >= 0.3 is 12.4 Å². The molecule has 2 aliphatic heterocycles. The Morgan fingerprint density at radius 3 is 2.16 bits per heavy atom. The lowest BCUT2D eigenvalue weighted by Crippen LogP contribution is -2.56. The number of nitrogens with zero attached hydrogens (tertiary/aromatic N) is 1. The Balaban J connectivity index is 1.70. The number of benzene rings is 2. The van der Waals surface area contributed by atoms with Gasteiger partial charge in [-0.05, 0) is 48.4 Å². The summed E-state index contributed by atoms with van der Waals surface area (Å²) in [6.07, 6.45) is -10.9. The minimum atomic E-state index is -4.98. The van der Waals surface area contributed by atoms with Crippen LogP contribution in [0.15, 0.2) is 42.5 Å². The van der Waals surface area contributed by atoms with Gasteiger partial charge in [-0.25, -0.2) is 4.39 Å². The van der Waals surface area contributed by atoms with E-state index in [1.54, 1.807) is 12.1 Å². The first-order valence-corrected chi connectivity index (χ1v) is 12.3. The highest BCUT2D eigenvalue weighted by atomic mass is 19.4. The molecule has 4 rings (SSSR count). The highest BCUT2D eigenvalue weighted by molar-refractivity contribution is 5.35. The number of morpholine rings is 2. The van der Waals surface area contributed by atoms with Crippen LogP contribution in [0.1, 0.15) is 47.7 Å². The third-order valence-corrected chi connectivity index (χ3v) is 6.78. The van der Waals surface area contributed by atoms with Crippen LogP contribution < -0.4 is 5.32 Å². The second-order valence-electron chi connectivity index (χ2n) is 9.40. The average molecular weight is 551 g/mol. The summed E-state index contributed by atoms with van der Waals surface area (Å²) in [5.74, 6) is -1.91. The van der Waals surface area contributed by atoms with Crippen LogP contribution >= 0.6 is 0 Å². The van der Waals surface area contributed by atoms with Gasteiger partial charge in [0.1, 0.15) is 5.82 Å². The van der Waals surface area contributed by atoms with Crippen molar-refractivity contribution >= 4 is 0 Å². The Labute approximate surface area is 215 Å². The van der Waals surface area contributed by atoms with E-state index in [9.17, 15) is 30.7 Å². The number of rotatable bonds is 7. The van der Waals surface area contributed by atoms with Crippen molar-refractivity contribution in [2.75, 3.05) is 46.0 Å². The fraction of sp³-hybridized carbons (Fsp3) is 0.538. The molecule has 210 valence electrons. The van der Waals surface area contributed by atoms with Gasteiger partial charge in [-0.1, -0.05) is 12.1 Å². The van der Waals surface area contributed by atoms with Crippen molar-refractivity contribution in [1.29, 1.82) is 0 Å². The maximum atomic E-state index is 13.7. The van der Waals surface area contributed by atoms with E-state index in [1.807, 2.05) is 0 Å². The van der Waals surface area contributed by atoms with E-state index in [2.05, 4.69) is 10.2 Å². The summed E-state index contributed by atoms with van der Waals surface area (Å²) < 4.78 is 112. The van der Waals surface area contributed by atoms with Crippen LogP contribution in [0.3, 0.4) is 0 Å². The van der Waals surface area contributed by atoms with Gasteiger partial charge < -0.3 is 19.5 Å². The predicted octanol–water partition coefficient (Wildman–Crippen LogP) is 5.72. The number of ether oxygens (including phenoxy) is 3. The van der Waals surface area contributed by atoms with Crippen LogP contribution in [0.2, 0.25) is 0 Å². The van der Waals surface area contributed by atoms with Gasteiger partial charge in [-0.2, -0.15) is 26.3 Å². The highest BCUT2D eigenvalue weighted by Gasteiger charge is 2.46. The second kappa shape index (κ2) is 11.5. The van der Waals surface area contributed by atoms with Crippen molar-refractivity contribution < 1.29 is 44.9 Å². The van der Waals surface area contributed by atoms with Crippen molar-refractivity contribution in [2.45, 2.75) is 43.6 Å². The molecule has 0 bridgehead atoms. The Morgan fingerprint density at radius 2 is 1.58 bits per heavy atom. The van der Waals surface area contributed by atoms with E-state index < -0.39 is 47.2 Å². The van der Waals surface area contributed by atoms with Gasteiger partial charge in [0.05, 0.1) is 43.1 Å². The van der Waals surface area contributed by atoms with Gasteiger partial charge in [0.25, 0.3) is 0 Å². The molecule has 0 radical (unpaired) electrons. The molecular formula is C26H29F7N2O3. The van der Waals surface area contributed by atoms with Crippen LogP contribution in [0.25, 0.3) is 0 Å². The van der Waals surface area contributed by atoms with Crippen molar-refractivity contribution in [3.63, 3.8) is 0 Å². The monoisotopic (exact) mass is 550 g/mol. The van der Waals surface area contributed by atoms with Crippen LogP contribution in [-0.4, -0.2) is 56.7 Å². The smallest absolute Gasteiger partial charge is 0.379 e. The third-order valence-electron chi connectivity index (χ3n) is 6.78. The molecule has 0 saturated carbocycles. The van der Waals surface area contributed by atoms with Gasteiger partial charge in [0.2, 0.25) is 0 Å². The lowest BCUT2D eigenvalue weighted by atomic mass is 9.92. The summed E-state index contributed by atoms with van der Waals surface area (Å²) in [5, 5.41) is 3.29. The highest BCUT2D eigenvalue weighted by Crippen LogP contribution is 2.42. The van der Waals surface area contributed by atoms with Crippen LogP contribution in [0, 0.1) is 5.82 Å². The summed E-state index contributed by atoms with van der Waals surface area (Å²) in [5.41, 5.74) is -2.51. The van der Waals surface area contributed by atoms with E-state index >= 15 is 0 Å². The van der Waals surface area contributed by atoms with Crippen molar-refractivity contribution in [1.82, 2.24) is 10.2 Å². The van der Waals surface area contributed by atoms with Crippen LogP contribution in [0.4, 0.5) is 30.7 Å². The largest absolute Gasteiger partial charge is 0.416 e. The summed E-state index contributed by atoms with van der Waals surface area (Å²) in [7, 11) is 0. The number of nitrogens with one attached hydrogen (secondary N) is 1. The molecule has 2 aromatic rings. The molecule has 0 aliphatic carbocycles. The SMILES string of the molecule is C[C@@H](O[C@@]1(CCN2CCOCC2)OCCN[C@H]1c1ccc(F)cc1)c1cc(C(F)(F)F)cc(C(F)(F)F)c1. The maximum absolute atomic E-state index is 13.7. The number of halogens is 7. The molecular weight excluding hydrogens is 521 g/mol. The zero-order chi connectivity index (χ0) is 27.6. The third kappa shape index (κ3) is 6.84. The first-order valence-electron chi connectivity index (χ1n) is 12.3. The summed E-state index contributed by atoms with van der Waals surface area (Å²) >= 11 is 0. The molecule has 2 heterocycles. The number of hydrogen-bond donors (Lipinski definition) is 1. The molecule has 12 heteroatoms. The molecule has 1 N–H and O–H groups in total.